The molecule has 0 aliphatic rings. The number of hydrogen-bond donors (Lipinski definition) is 2. The highest BCUT2D eigenvalue weighted by molar-refractivity contribution is 5.69. The summed E-state index contributed by atoms with van der Waals surface area (Å²) in [5.41, 5.74) is 7.40. The largest absolute Gasteiger partial charge is 0.497 e. The molecule has 0 fully saturated rings. The lowest BCUT2D eigenvalue weighted by Gasteiger charge is -2.14. The maximum atomic E-state index is 5.85. The van der Waals surface area contributed by atoms with Gasteiger partial charge in [0.1, 0.15) is 29.0 Å². The van der Waals surface area contributed by atoms with E-state index in [2.05, 4.69) is 15.3 Å². The van der Waals surface area contributed by atoms with Gasteiger partial charge in [-0.2, -0.15) is 0 Å². The molecule has 2 rings (SSSR count). The molecular formula is C14H18N4O2. The Hall–Kier alpha value is -2.50. The number of nitrogens with two attached hydrogens (primary N) is 1. The summed E-state index contributed by atoms with van der Waals surface area (Å²) in [6.45, 7) is 3.66. The van der Waals surface area contributed by atoms with E-state index in [0.29, 0.717) is 23.2 Å². The van der Waals surface area contributed by atoms with Gasteiger partial charge >= 0.3 is 0 Å². The van der Waals surface area contributed by atoms with Crippen LogP contribution in [0.2, 0.25) is 0 Å². The van der Waals surface area contributed by atoms with Gasteiger partial charge in [0, 0.05) is 11.6 Å². The molecule has 0 bridgehead atoms. The van der Waals surface area contributed by atoms with E-state index >= 15 is 0 Å². The van der Waals surface area contributed by atoms with E-state index < -0.39 is 0 Å². The highest BCUT2D eigenvalue weighted by atomic mass is 16.5. The van der Waals surface area contributed by atoms with Gasteiger partial charge in [-0.15, -0.1) is 0 Å². The molecule has 20 heavy (non-hydrogen) atoms. The van der Waals surface area contributed by atoms with Gasteiger partial charge in [-0.05, 0) is 26.0 Å². The Morgan fingerprint density at radius 3 is 2.50 bits per heavy atom. The van der Waals surface area contributed by atoms with Crippen molar-refractivity contribution in [1.29, 1.82) is 0 Å². The van der Waals surface area contributed by atoms with E-state index in [-0.39, 0.29) is 0 Å². The second-order valence-electron chi connectivity index (χ2n) is 4.32. The monoisotopic (exact) mass is 274 g/mol. The van der Waals surface area contributed by atoms with E-state index in [1.165, 1.54) is 0 Å². The minimum absolute atomic E-state index is 0.460. The molecular weight excluding hydrogens is 256 g/mol. The molecule has 3 N–H and O–H groups in total. The van der Waals surface area contributed by atoms with Crippen LogP contribution in [0.3, 0.4) is 0 Å². The van der Waals surface area contributed by atoms with Gasteiger partial charge in [-0.25, -0.2) is 9.97 Å². The predicted molar refractivity (Wildman–Crippen MR) is 78.7 cm³/mol. The first-order valence-corrected chi connectivity index (χ1v) is 6.15. The fraction of sp³-hybridized carbons (Fsp3) is 0.286. The van der Waals surface area contributed by atoms with Crippen LogP contribution in [-0.4, -0.2) is 24.2 Å². The number of aryl methyl sites for hydroxylation is 1. The van der Waals surface area contributed by atoms with Crippen LogP contribution in [0.4, 0.5) is 17.3 Å². The van der Waals surface area contributed by atoms with E-state index in [9.17, 15) is 0 Å². The molecule has 0 aliphatic carbocycles. The van der Waals surface area contributed by atoms with Crippen molar-refractivity contribution in [2.45, 2.75) is 13.8 Å². The number of methoxy groups -OCH3 is 2. The van der Waals surface area contributed by atoms with Crippen molar-refractivity contribution in [3.05, 3.63) is 29.6 Å². The second-order valence-corrected chi connectivity index (χ2v) is 4.32. The number of nitrogen functional groups attached to an aromatic ring is 1. The summed E-state index contributed by atoms with van der Waals surface area (Å²) < 4.78 is 10.5. The smallest absolute Gasteiger partial charge is 0.142 e. The number of anilines is 3. The summed E-state index contributed by atoms with van der Waals surface area (Å²) in [4.78, 5) is 8.48. The average Bonchev–Trinajstić information content (AvgIpc) is 2.44. The van der Waals surface area contributed by atoms with Crippen LogP contribution in [0.1, 0.15) is 11.4 Å². The Morgan fingerprint density at radius 2 is 1.85 bits per heavy atom. The Bertz CT molecular complexity index is 629. The van der Waals surface area contributed by atoms with Crippen LogP contribution in [0.25, 0.3) is 0 Å². The normalized spacial score (nSPS) is 10.2. The Labute approximate surface area is 118 Å². The number of benzene rings is 1. The number of rotatable bonds is 4. The van der Waals surface area contributed by atoms with Crippen molar-refractivity contribution in [3.63, 3.8) is 0 Å². The molecule has 0 saturated heterocycles. The maximum Gasteiger partial charge on any atom is 0.142 e. The van der Waals surface area contributed by atoms with Crippen molar-refractivity contribution in [1.82, 2.24) is 9.97 Å². The molecule has 1 aromatic heterocycles. The molecule has 6 heteroatoms. The van der Waals surface area contributed by atoms with Crippen molar-refractivity contribution in [2.24, 2.45) is 0 Å². The van der Waals surface area contributed by atoms with Gasteiger partial charge < -0.3 is 20.5 Å². The summed E-state index contributed by atoms with van der Waals surface area (Å²) in [7, 11) is 3.23. The van der Waals surface area contributed by atoms with Gasteiger partial charge in [0.15, 0.2) is 0 Å². The third-order valence-corrected chi connectivity index (χ3v) is 2.95. The van der Waals surface area contributed by atoms with Crippen LogP contribution in [-0.2, 0) is 0 Å². The molecule has 0 aliphatic heterocycles. The third kappa shape index (κ3) is 2.74. The minimum Gasteiger partial charge on any atom is -0.497 e. The summed E-state index contributed by atoms with van der Waals surface area (Å²) in [5.74, 6) is 3.14. The lowest BCUT2D eigenvalue weighted by Crippen LogP contribution is -2.05. The SMILES string of the molecule is COc1ccc(OC)c(Nc2nc(C)nc(N)c2C)c1. The molecule has 0 unspecified atom stereocenters. The molecule has 1 heterocycles. The van der Waals surface area contributed by atoms with Crippen molar-refractivity contribution in [3.8, 4) is 11.5 Å². The molecule has 0 saturated carbocycles. The van der Waals surface area contributed by atoms with Crippen LogP contribution < -0.4 is 20.5 Å². The number of nitrogens with zero attached hydrogens (tertiary/aromatic N) is 2. The number of hydrogen-bond acceptors (Lipinski definition) is 6. The van der Waals surface area contributed by atoms with Crippen molar-refractivity contribution in [2.75, 3.05) is 25.3 Å². The fourth-order valence-corrected chi connectivity index (χ4v) is 1.81. The summed E-state index contributed by atoms with van der Waals surface area (Å²) in [6.07, 6.45) is 0. The molecule has 0 amide bonds. The van der Waals surface area contributed by atoms with Gasteiger partial charge in [-0.3, -0.25) is 0 Å². The number of aromatic nitrogens is 2. The minimum atomic E-state index is 0.460. The molecule has 0 atom stereocenters. The maximum absolute atomic E-state index is 5.85. The highest BCUT2D eigenvalue weighted by Gasteiger charge is 2.10. The van der Waals surface area contributed by atoms with E-state index in [1.54, 1.807) is 21.1 Å². The zero-order valence-corrected chi connectivity index (χ0v) is 12.0. The van der Waals surface area contributed by atoms with Crippen LogP contribution >= 0.6 is 0 Å². The number of ether oxygens (including phenoxy) is 2. The Morgan fingerprint density at radius 1 is 1.10 bits per heavy atom. The summed E-state index contributed by atoms with van der Waals surface area (Å²) in [5, 5.41) is 3.21. The zero-order valence-electron chi connectivity index (χ0n) is 12.0. The first-order chi connectivity index (χ1) is 9.55. The van der Waals surface area contributed by atoms with E-state index in [1.807, 2.05) is 25.1 Å². The molecule has 1 aromatic carbocycles. The van der Waals surface area contributed by atoms with E-state index in [4.69, 9.17) is 15.2 Å². The average molecular weight is 274 g/mol. The van der Waals surface area contributed by atoms with Crippen LogP contribution in [0.5, 0.6) is 11.5 Å². The second kappa shape index (κ2) is 5.64. The lowest BCUT2D eigenvalue weighted by molar-refractivity contribution is 0.405. The first-order valence-electron chi connectivity index (χ1n) is 6.15. The lowest BCUT2D eigenvalue weighted by atomic mass is 10.2. The first kappa shape index (κ1) is 13.9. The zero-order chi connectivity index (χ0) is 14.7. The topological polar surface area (TPSA) is 82.3 Å². The van der Waals surface area contributed by atoms with Crippen molar-refractivity contribution >= 4 is 17.3 Å². The highest BCUT2D eigenvalue weighted by Crippen LogP contribution is 2.32. The summed E-state index contributed by atoms with van der Waals surface area (Å²) in [6, 6.07) is 5.50. The standard InChI is InChI=1S/C14H18N4O2/c1-8-13(15)16-9(2)17-14(8)18-11-7-10(19-3)5-6-12(11)20-4/h5-7H,1-4H3,(H3,15,16,17,18). The Kier molecular flexibility index (Phi) is 3.93. The van der Waals surface area contributed by atoms with Gasteiger partial charge in [0.25, 0.3) is 0 Å². The molecule has 0 spiro atoms. The quantitative estimate of drug-likeness (QED) is 0.891. The van der Waals surface area contributed by atoms with Crippen LogP contribution in [0, 0.1) is 13.8 Å². The number of nitrogens with one attached hydrogen (secondary N) is 1. The van der Waals surface area contributed by atoms with Crippen molar-refractivity contribution < 1.29 is 9.47 Å². The third-order valence-electron chi connectivity index (χ3n) is 2.95. The predicted octanol–water partition coefficient (Wildman–Crippen LogP) is 2.44. The van der Waals surface area contributed by atoms with Gasteiger partial charge in [-0.1, -0.05) is 0 Å². The molecule has 2 aromatic rings. The molecule has 0 radical (unpaired) electrons. The summed E-state index contributed by atoms with van der Waals surface area (Å²) >= 11 is 0. The molecule has 6 nitrogen and oxygen atoms in total. The fourth-order valence-electron chi connectivity index (χ4n) is 1.81. The molecule has 106 valence electrons. The van der Waals surface area contributed by atoms with Gasteiger partial charge in [0.2, 0.25) is 0 Å². The van der Waals surface area contributed by atoms with Crippen LogP contribution in [0.15, 0.2) is 18.2 Å². The van der Waals surface area contributed by atoms with E-state index in [0.717, 1.165) is 17.0 Å². The Balaban J connectivity index is 2.43. The van der Waals surface area contributed by atoms with Gasteiger partial charge in [0.05, 0.1) is 19.9 Å².